The van der Waals surface area contributed by atoms with Gasteiger partial charge in [-0.25, -0.2) is 0 Å². The van der Waals surface area contributed by atoms with Crippen LogP contribution in [-0.4, -0.2) is 24.4 Å². The van der Waals surface area contributed by atoms with Crippen LogP contribution < -0.4 is 4.74 Å². The van der Waals surface area contributed by atoms with Gasteiger partial charge >= 0.3 is 6.36 Å². The number of halogens is 4. The molecule has 1 aliphatic rings. The molecular weight excluding hydrogens is 337 g/mol. The molecule has 0 aromatic heterocycles. The van der Waals surface area contributed by atoms with Crippen LogP contribution in [0.25, 0.3) is 0 Å². The largest absolute Gasteiger partial charge is 0.573 e. The van der Waals surface area contributed by atoms with Gasteiger partial charge in [0.25, 0.3) is 0 Å². The molecule has 0 N–H and O–H groups in total. The molecule has 0 radical (unpaired) electrons. The van der Waals surface area contributed by atoms with E-state index in [2.05, 4.69) is 20.7 Å². The molecule has 0 saturated carbocycles. The summed E-state index contributed by atoms with van der Waals surface area (Å²) >= 11 is 3.53. The maximum atomic E-state index is 12.1. The molecule has 1 aliphatic heterocycles. The lowest BCUT2D eigenvalue weighted by molar-refractivity contribution is -0.274. The molecular formula is C14H16BrF3O2. The van der Waals surface area contributed by atoms with Crippen molar-refractivity contribution in [2.24, 2.45) is 5.41 Å². The Kier molecular flexibility index (Phi) is 4.64. The van der Waals surface area contributed by atoms with Crippen LogP contribution in [0.15, 0.2) is 24.3 Å². The minimum Gasteiger partial charge on any atom is -0.406 e. The highest BCUT2D eigenvalue weighted by atomic mass is 79.9. The third-order valence-electron chi connectivity index (χ3n) is 3.81. The first-order valence-corrected chi connectivity index (χ1v) is 7.49. The second-order valence-electron chi connectivity index (χ2n) is 5.13. The number of benzene rings is 1. The van der Waals surface area contributed by atoms with Crippen molar-refractivity contribution in [3.63, 3.8) is 0 Å². The lowest BCUT2D eigenvalue weighted by atomic mass is 9.78. The Hall–Kier alpha value is -0.750. The van der Waals surface area contributed by atoms with Crippen molar-refractivity contribution in [1.29, 1.82) is 0 Å². The van der Waals surface area contributed by atoms with Crippen molar-refractivity contribution in [1.82, 2.24) is 0 Å². The summed E-state index contributed by atoms with van der Waals surface area (Å²) in [6, 6.07) is 6.06. The molecule has 0 amide bonds. The predicted molar refractivity (Wildman–Crippen MR) is 73.1 cm³/mol. The molecule has 20 heavy (non-hydrogen) atoms. The average Bonchev–Trinajstić information content (AvgIpc) is 2.72. The predicted octanol–water partition coefficient (Wildman–Crippen LogP) is 4.32. The third-order valence-corrected chi connectivity index (χ3v) is 4.93. The second-order valence-corrected chi connectivity index (χ2v) is 5.69. The van der Waals surface area contributed by atoms with Crippen LogP contribution >= 0.6 is 15.9 Å². The fourth-order valence-electron chi connectivity index (χ4n) is 2.49. The summed E-state index contributed by atoms with van der Waals surface area (Å²) in [6.45, 7) is 2.76. The molecule has 1 aromatic carbocycles. The molecule has 112 valence electrons. The molecule has 2 unspecified atom stereocenters. The summed E-state index contributed by atoms with van der Waals surface area (Å²) < 4.78 is 45.8. The van der Waals surface area contributed by atoms with E-state index in [1.807, 2.05) is 6.92 Å². The van der Waals surface area contributed by atoms with Gasteiger partial charge in [-0.15, -0.1) is 13.2 Å². The molecule has 2 rings (SSSR count). The summed E-state index contributed by atoms with van der Waals surface area (Å²) in [5.41, 5.74) is 0.989. The van der Waals surface area contributed by atoms with E-state index in [9.17, 15) is 13.2 Å². The topological polar surface area (TPSA) is 18.5 Å². The number of ether oxygens (including phenoxy) is 2. The van der Waals surface area contributed by atoms with Crippen LogP contribution in [0.2, 0.25) is 0 Å². The van der Waals surface area contributed by atoms with Gasteiger partial charge in [0.05, 0.1) is 6.10 Å². The van der Waals surface area contributed by atoms with E-state index in [0.717, 1.165) is 30.3 Å². The van der Waals surface area contributed by atoms with Gasteiger partial charge in [0.2, 0.25) is 0 Å². The smallest absolute Gasteiger partial charge is 0.406 e. The summed E-state index contributed by atoms with van der Waals surface area (Å²) in [4.78, 5) is 0. The number of rotatable bonds is 4. The highest BCUT2D eigenvalue weighted by molar-refractivity contribution is 9.09. The molecule has 0 spiro atoms. The van der Waals surface area contributed by atoms with Crippen LogP contribution in [0.5, 0.6) is 5.75 Å². The van der Waals surface area contributed by atoms with Gasteiger partial charge in [-0.1, -0.05) is 28.1 Å². The van der Waals surface area contributed by atoms with Gasteiger partial charge in [-0.2, -0.15) is 0 Å². The van der Waals surface area contributed by atoms with Gasteiger partial charge in [0, 0.05) is 17.4 Å². The molecule has 1 aromatic rings. The molecule has 1 heterocycles. The summed E-state index contributed by atoms with van der Waals surface area (Å²) in [5.74, 6) is -0.190. The van der Waals surface area contributed by atoms with Gasteiger partial charge < -0.3 is 9.47 Å². The maximum absolute atomic E-state index is 12.1. The Morgan fingerprint density at radius 1 is 1.35 bits per heavy atom. The Morgan fingerprint density at radius 3 is 2.45 bits per heavy atom. The SMILES string of the molecule is CC1OCCC1(CBr)Cc1ccc(OC(F)(F)F)cc1. The standard InChI is InChI=1S/C14H16BrF3O2/c1-10-13(9-15,6-7-19-10)8-11-2-4-12(5-3-11)20-14(16,17)18/h2-5,10H,6-9H2,1H3. The van der Waals surface area contributed by atoms with E-state index in [4.69, 9.17) is 4.74 Å². The van der Waals surface area contributed by atoms with Crippen molar-refractivity contribution < 1.29 is 22.6 Å². The minimum absolute atomic E-state index is 0.00635. The van der Waals surface area contributed by atoms with Crippen LogP contribution in [0, 0.1) is 5.41 Å². The zero-order valence-corrected chi connectivity index (χ0v) is 12.6. The summed E-state index contributed by atoms with van der Waals surface area (Å²) in [7, 11) is 0. The third kappa shape index (κ3) is 3.67. The summed E-state index contributed by atoms with van der Waals surface area (Å²) in [5, 5.41) is 0.808. The highest BCUT2D eigenvalue weighted by Crippen LogP contribution is 2.40. The van der Waals surface area contributed by atoms with E-state index in [1.165, 1.54) is 12.1 Å². The van der Waals surface area contributed by atoms with Gasteiger partial charge in [0.1, 0.15) is 5.75 Å². The van der Waals surface area contributed by atoms with E-state index in [0.29, 0.717) is 0 Å². The fourth-order valence-corrected chi connectivity index (χ4v) is 3.42. The van der Waals surface area contributed by atoms with Crippen molar-refractivity contribution in [3.05, 3.63) is 29.8 Å². The lowest BCUT2D eigenvalue weighted by Gasteiger charge is -2.30. The normalized spacial score (nSPS) is 26.8. The van der Waals surface area contributed by atoms with Crippen LogP contribution in [-0.2, 0) is 11.2 Å². The minimum atomic E-state index is -4.65. The van der Waals surface area contributed by atoms with E-state index < -0.39 is 6.36 Å². The molecule has 1 saturated heterocycles. The molecule has 2 atom stereocenters. The first kappa shape index (κ1) is 15.6. The van der Waals surface area contributed by atoms with Crippen molar-refractivity contribution in [2.75, 3.05) is 11.9 Å². The Bertz CT molecular complexity index is 447. The monoisotopic (exact) mass is 352 g/mol. The van der Waals surface area contributed by atoms with E-state index >= 15 is 0 Å². The molecule has 0 bridgehead atoms. The van der Waals surface area contributed by atoms with Gasteiger partial charge in [0.15, 0.2) is 0 Å². The molecule has 0 aliphatic carbocycles. The van der Waals surface area contributed by atoms with Crippen LogP contribution in [0.1, 0.15) is 18.9 Å². The average molecular weight is 353 g/mol. The van der Waals surface area contributed by atoms with Crippen molar-refractivity contribution >= 4 is 15.9 Å². The van der Waals surface area contributed by atoms with Gasteiger partial charge in [-0.3, -0.25) is 0 Å². The molecule has 2 nitrogen and oxygen atoms in total. The zero-order chi connectivity index (χ0) is 14.8. The Labute approximate surface area is 124 Å². The van der Waals surface area contributed by atoms with Crippen LogP contribution in [0.3, 0.4) is 0 Å². The quantitative estimate of drug-likeness (QED) is 0.751. The summed E-state index contributed by atoms with van der Waals surface area (Å²) in [6.07, 6.45) is -2.80. The van der Waals surface area contributed by atoms with E-state index in [-0.39, 0.29) is 17.3 Å². The van der Waals surface area contributed by atoms with Crippen LogP contribution in [0.4, 0.5) is 13.2 Å². The number of hydrogen-bond donors (Lipinski definition) is 0. The van der Waals surface area contributed by atoms with Crippen molar-refractivity contribution in [3.8, 4) is 5.75 Å². The van der Waals surface area contributed by atoms with Crippen molar-refractivity contribution in [2.45, 2.75) is 32.2 Å². The maximum Gasteiger partial charge on any atom is 0.573 e. The fraction of sp³-hybridized carbons (Fsp3) is 0.571. The second kappa shape index (κ2) is 5.93. The molecule has 1 fully saturated rings. The first-order valence-electron chi connectivity index (χ1n) is 6.37. The zero-order valence-electron chi connectivity index (χ0n) is 11.0. The number of hydrogen-bond acceptors (Lipinski definition) is 2. The number of alkyl halides is 4. The van der Waals surface area contributed by atoms with E-state index in [1.54, 1.807) is 12.1 Å². The van der Waals surface area contributed by atoms with Gasteiger partial charge in [-0.05, 0) is 37.5 Å². The first-order chi connectivity index (χ1) is 9.35. The highest BCUT2D eigenvalue weighted by Gasteiger charge is 2.40. The lowest BCUT2D eigenvalue weighted by Crippen LogP contribution is -2.32. The Balaban J connectivity index is 2.07. The molecule has 6 heteroatoms. The Morgan fingerprint density at radius 2 is 2.00 bits per heavy atom.